The third-order valence-electron chi connectivity index (χ3n) is 4.06. The van der Waals surface area contributed by atoms with Crippen LogP contribution in [0.2, 0.25) is 0 Å². The summed E-state index contributed by atoms with van der Waals surface area (Å²) in [6, 6.07) is 14.0. The molecule has 0 amide bonds. The van der Waals surface area contributed by atoms with Crippen LogP contribution in [0.5, 0.6) is 5.75 Å². The fourth-order valence-corrected chi connectivity index (χ4v) is 4.36. The summed E-state index contributed by atoms with van der Waals surface area (Å²) >= 11 is 0. The fraction of sp³-hybridized carbons (Fsp3) is 0.136. The van der Waals surface area contributed by atoms with E-state index < -0.39 is 9.71 Å². The van der Waals surface area contributed by atoms with Crippen molar-refractivity contribution in [3.8, 4) is 18.1 Å². The monoisotopic (exact) mass is 423 g/mol. The average Bonchev–Trinajstić information content (AvgIpc) is 2.75. The van der Waals surface area contributed by atoms with Crippen molar-refractivity contribution < 1.29 is 9.32 Å². The molecule has 1 unspecified atom stereocenters. The maximum Gasteiger partial charge on any atom is 0.192 e. The number of rotatable bonds is 5. The van der Waals surface area contributed by atoms with Gasteiger partial charge in [0.05, 0.1) is 33.0 Å². The number of hydrogen-bond donors (Lipinski definition) is 3. The second-order valence-corrected chi connectivity index (χ2v) is 8.12. The third kappa shape index (κ3) is 4.64. The molecule has 0 saturated carbocycles. The van der Waals surface area contributed by atoms with Crippen molar-refractivity contribution in [1.29, 1.82) is 0 Å². The number of guanidine groups is 1. The Morgan fingerprint density at radius 1 is 1.23 bits per heavy atom. The summed E-state index contributed by atoms with van der Waals surface area (Å²) < 4.78 is 15.3. The molecule has 1 aromatic heterocycles. The van der Waals surface area contributed by atoms with E-state index in [1.54, 1.807) is 34.6 Å². The Kier molecular flexibility index (Phi) is 7.28. The lowest BCUT2D eigenvalue weighted by atomic mass is 10.1. The molecule has 0 fully saturated rings. The van der Waals surface area contributed by atoms with Crippen LogP contribution in [0.3, 0.4) is 0 Å². The summed E-state index contributed by atoms with van der Waals surface area (Å²) in [6.45, 7) is 4.10. The summed E-state index contributed by atoms with van der Waals surface area (Å²) in [7, 11) is -3.00. The summed E-state index contributed by atoms with van der Waals surface area (Å²) in [5, 5.41) is 11.0. The van der Waals surface area contributed by atoms with Crippen molar-refractivity contribution in [2.24, 2.45) is 16.5 Å². The van der Waals surface area contributed by atoms with Crippen molar-refractivity contribution in [2.45, 2.75) is 18.7 Å². The highest BCUT2D eigenvalue weighted by Crippen LogP contribution is 2.33. The molecule has 7 nitrogen and oxygen atoms in total. The van der Waals surface area contributed by atoms with Crippen molar-refractivity contribution in [2.75, 3.05) is 10.8 Å². The van der Waals surface area contributed by atoms with E-state index in [2.05, 4.69) is 21.8 Å². The molecule has 3 rings (SSSR count). The molecule has 1 atom stereocenters. The van der Waals surface area contributed by atoms with Crippen molar-refractivity contribution in [3.05, 3.63) is 54.7 Å². The van der Waals surface area contributed by atoms with E-state index in [1.807, 2.05) is 32.0 Å². The highest BCUT2D eigenvalue weighted by atomic mass is 32.2. The minimum atomic E-state index is -3.00. The standard InChI is InChI=1S/C20H19N5O2S.C2H6/c1-3-11-25(14-7-5-4-6-8-14)28(2,27)15-9-10-16-17(12-15)19(24-20(21)22)23-13-18(16)26;1-2/h1,4-10,12-13,26H,2,11H2,(H4,21,22,23,24);1-2H3. The van der Waals surface area contributed by atoms with Crippen molar-refractivity contribution in [3.63, 3.8) is 0 Å². The predicted molar refractivity (Wildman–Crippen MR) is 126 cm³/mol. The number of aliphatic imine (C=N–C) groups is 1. The maximum atomic E-state index is 13.7. The largest absolute Gasteiger partial charge is 0.506 e. The van der Waals surface area contributed by atoms with Gasteiger partial charge >= 0.3 is 0 Å². The number of nitrogens with two attached hydrogens (primary N) is 2. The van der Waals surface area contributed by atoms with Gasteiger partial charge in [0.1, 0.15) is 5.75 Å². The van der Waals surface area contributed by atoms with Gasteiger partial charge in [-0.15, -0.1) is 6.42 Å². The molecule has 30 heavy (non-hydrogen) atoms. The molecule has 8 heteroatoms. The molecule has 0 bridgehead atoms. The van der Waals surface area contributed by atoms with Crippen LogP contribution in [0.1, 0.15) is 13.8 Å². The molecule has 5 N–H and O–H groups in total. The van der Waals surface area contributed by atoms with E-state index in [9.17, 15) is 9.32 Å². The lowest BCUT2D eigenvalue weighted by Gasteiger charge is -2.27. The van der Waals surface area contributed by atoms with Crippen LogP contribution < -0.4 is 15.8 Å². The second kappa shape index (κ2) is 9.67. The van der Waals surface area contributed by atoms with Gasteiger partial charge in [-0.05, 0) is 36.2 Å². The highest BCUT2D eigenvalue weighted by molar-refractivity contribution is 8.01. The van der Waals surface area contributed by atoms with Crippen LogP contribution >= 0.6 is 0 Å². The zero-order valence-corrected chi connectivity index (χ0v) is 17.8. The first-order chi connectivity index (χ1) is 14.3. The smallest absolute Gasteiger partial charge is 0.192 e. The number of anilines is 1. The number of terminal acetylenes is 1. The van der Waals surface area contributed by atoms with Gasteiger partial charge in [0, 0.05) is 10.8 Å². The molecule has 0 saturated heterocycles. The van der Waals surface area contributed by atoms with E-state index in [1.165, 1.54) is 6.20 Å². The minimum absolute atomic E-state index is 0.0461. The van der Waals surface area contributed by atoms with Crippen LogP contribution in [-0.2, 0) is 9.71 Å². The van der Waals surface area contributed by atoms with Gasteiger partial charge in [-0.3, -0.25) is 4.31 Å². The first-order valence-electron chi connectivity index (χ1n) is 9.19. The number of benzene rings is 2. The van der Waals surface area contributed by atoms with Crippen molar-refractivity contribution >= 4 is 43.8 Å². The Bertz CT molecular complexity index is 1200. The number of aromatic hydroxyl groups is 1. The van der Waals surface area contributed by atoms with Gasteiger partial charge in [-0.25, -0.2) is 9.19 Å². The fourth-order valence-electron chi connectivity index (χ4n) is 2.77. The Hall–Kier alpha value is -3.70. The van der Waals surface area contributed by atoms with Crippen LogP contribution in [0, 0.1) is 12.3 Å². The zero-order valence-electron chi connectivity index (χ0n) is 16.9. The van der Waals surface area contributed by atoms with E-state index >= 15 is 0 Å². The topological polar surface area (TPSA) is 118 Å². The summed E-state index contributed by atoms with van der Waals surface area (Å²) in [4.78, 5) is 8.44. The SMILES string of the molecule is C#CCN(c1ccccc1)S(=C)(=O)c1ccc2c(O)cnc(N=C(N)N)c2c1.CC. The number of nitrogens with zero attached hydrogens (tertiary/aromatic N) is 3. The van der Waals surface area contributed by atoms with Gasteiger partial charge in [0.2, 0.25) is 0 Å². The second-order valence-electron chi connectivity index (χ2n) is 5.93. The van der Waals surface area contributed by atoms with E-state index in [-0.39, 0.29) is 24.1 Å². The maximum absolute atomic E-state index is 13.7. The summed E-state index contributed by atoms with van der Waals surface area (Å²) in [5.74, 6) is 6.44. The Labute approximate surface area is 177 Å². The molecule has 156 valence electrons. The normalized spacial score (nSPS) is 12.0. The van der Waals surface area contributed by atoms with E-state index in [0.29, 0.717) is 21.4 Å². The molecule has 3 aromatic rings. The minimum Gasteiger partial charge on any atom is -0.506 e. The number of fused-ring (bicyclic) bond motifs is 1. The van der Waals surface area contributed by atoms with Gasteiger partial charge < -0.3 is 16.6 Å². The lowest BCUT2D eigenvalue weighted by molar-refractivity contribution is 0.479. The molecule has 1 heterocycles. The van der Waals surface area contributed by atoms with Crippen LogP contribution in [0.4, 0.5) is 11.5 Å². The van der Waals surface area contributed by atoms with Gasteiger partial charge in [-0.1, -0.05) is 38.0 Å². The first kappa shape index (κ1) is 22.6. The summed E-state index contributed by atoms with van der Waals surface area (Å²) in [5.41, 5.74) is 11.6. The van der Waals surface area contributed by atoms with E-state index in [0.717, 1.165) is 0 Å². The molecule has 0 aliphatic carbocycles. The van der Waals surface area contributed by atoms with Gasteiger partial charge in [-0.2, -0.15) is 4.99 Å². The summed E-state index contributed by atoms with van der Waals surface area (Å²) in [6.07, 6.45) is 6.75. The predicted octanol–water partition coefficient (Wildman–Crippen LogP) is 3.00. The first-order valence-corrected chi connectivity index (χ1v) is 10.9. The number of aromatic nitrogens is 1. The van der Waals surface area contributed by atoms with Gasteiger partial charge in [0.25, 0.3) is 0 Å². The van der Waals surface area contributed by atoms with Crippen molar-refractivity contribution in [1.82, 2.24) is 4.98 Å². The van der Waals surface area contributed by atoms with Gasteiger partial charge in [0.15, 0.2) is 11.8 Å². The quantitative estimate of drug-likeness (QED) is 0.252. The number of hydrogen-bond acceptors (Lipinski definition) is 4. The van der Waals surface area contributed by atoms with Crippen LogP contribution in [-0.4, -0.2) is 32.7 Å². The Morgan fingerprint density at radius 2 is 1.90 bits per heavy atom. The molecule has 0 spiro atoms. The molecule has 0 aliphatic rings. The zero-order chi connectivity index (χ0) is 22.3. The average molecular weight is 424 g/mol. The molecular weight excluding hydrogens is 398 g/mol. The lowest BCUT2D eigenvalue weighted by Crippen LogP contribution is -2.31. The highest BCUT2D eigenvalue weighted by Gasteiger charge is 2.20. The van der Waals surface area contributed by atoms with E-state index in [4.69, 9.17) is 17.9 Å². The number of pyridine rings is 1. The molecule has 0 radical (unpaired) electrons. The molecule has 0 aliphatic heterocycles. The third-order valence-corrected chi connectivity index (χ3v) is 6.10. The van der Waals surface area contributed by atoms with Crippen LogP contribution in [0.25, 0.3) is 10.8 Å². The molecule has 2 aromatic carbocycles. The molecular formula is C22H25N5O2S. The Balaban J connectivity index is 0.00000155. The number of para-hydroxylation sites is 1. The Morgan fingerprint density at radius 3 is 2.50 bits per heavy atom. The van der Waals surface area contributed by atoms with Crippen LogP contribution in [0.15, 0.2) is 64.6 Å².